The Kier molecular flexibility index (Phi) is 10.5. The van der Waals surface area contributed by atoms with Crippen LogP contribution in [0.15, 0.2) is 0 Å². The Labute approximate surface area is 116 Å². The predicted octanol–water partition coefficient (Wildman–Crippen LogP) is 3.23. The van der Waals surface area contributed by atoms with Crippen molar-refractivity contribution in [2.24, 2.45) is 0 Å². The van der Waals surface area contributed by atoms with Gasteiger partial charge in [-0.05, 0) is 44.7 Å². The topological polar surface area (TPSA) is 38.3 Å². The third-order valence-corrected chi connectivity index (χ3v) is 4.00. The molecule has 0 aliphatic heterocycles. The molecule has 3 nitrogen and oxygen atoms in total. The van der Waals surface area contributed by atoms with Gasteiger partial charge in [-0.15, -0.1) is 0 Å². The number of hydrogen-bond acceptors (Lipinski definition) is 4. The number of thioether (sulfide) groups is 1. The first kappa shape index (κ1) is 17.8. The fourth-order valence-corrected chi connectivity index (χ4v) is 2.94. The fraction of sp³-hybridized carbons (Fsp3) is 0.929. The number of carbonyl (C=O) groups is 1. The SMILES string of the molecule is CCCCCSCCC(C)(NCC)C(=O)OCC. The van der Waals surface area contributed by atoms with E-state index in [1.807, 2.05) is 32.5 Å². The van der Waals surface area contributed by atoms with E-state index in [2.05, 4.69) is 12.2 Å². The van der Waals surface area contributed by atoms with Gasteiger partial charge in [0, 0.05) is 0 Å². The lowest BCUT2D eigenvalue weighted by Crippen LogP contribution is -2.50. The number of nitrogens with one attached hydrogen (secondary N) is 1. The Morgan fingerprint density at radius 2 is 1.94 bits per heavy atom. The fourth-order valence-electron chi connectivity index (χ4n) is 1.78. The number of carbonyl (C=O) groups excluding carboxylic acids is 1. The van der Waals surface area contributed by atoms with Crippen molar-refractivity contribution in [3.8, 4) is 0 Å². The third-order valence-electron chi connectivity index (χ3n) is 2.93. The molecule has 0 aromatic rings. The summed E-state index contributed by atoms with van der Waals surface area (Å²) in [7, 11) is 0. The van der Waals surface area contributed by atoms with Gasteiger partial charge >= 0.3 is 5.97 Å². The summed E-state index contributed by atoms with van der Waals surface area (Å²) in [5, 5.41) is 3.26. The Balaban J connectivity index is 3.98. The molecule has 1 atom stereocenters. The molecular formula is C14H29NO2S. The van der Waals surface area contributed by atoms with E-state index in [1.54, 1.807) is 0 Å². The highest BCUT2D eigenvalue weighted by Crippen LogP contribution is 2.17. The monoisotopic (exact) mass is 275 g/mol. The molecule has 0 rings (SSSR count). The largest absolute Gasteiger partial charge is 0.465 e. The maximum Gasteiger partial charge on any atom is 0.326 e. The van der Waals surface area contributed by atoms with Crippen LogP contribution in [0.2, 0.25) is 0 Å². The smallest absolute Gasteiger partial charge is 0.326 e. The average molecular weight is 275 g/mol. The standard InChI is InChI=1S/C14H29NO2S/c1-5-8-9-11-18-12-10-14(4,15-6-2)13(16)17-7-3/h15H,5-12H2,1-4H3. The highest BCUT2D eigenvalue weighted by molar-refractivity contribution is 7.99. The van der Waals surface area contributed by atoms with Gasteiger partial charge in [-0.2, -0.15) is 11.8 Å². The molecule has 0 fully saturated rings. The van der Waals surface area contributed by atoms with Gasteiger partial charge in [0.25, 0.3) is 0 Å². The van der Waals surface area contributed by atoms with E-state index in [0.29, 0.717) is 6.61 Å². The minimum Gasteiger partial charge on any atom is -0.465 e. The van der Waals surface area contributed by atoms with Crippen LogP contribution < -0.4 is 5.32 Å². The van der Waals surface area contributed by atoms with Crippen LogP contribution in [0, 0.1) is 0 Å². The normalized spacial score (nSPS) is 14.2. The van der Waals surface area contributed by atoms with E-state index in [0.717, 1.165) is 18.7 Å². The number of hydrogen-bond donors (Lipinski definition) is 1. The highest BCUT2D eigenvalue weighted by Gasteiger charge is 2.33. The third kappa shape index (κ3) is 7.27. The Morgan fingerprint density at radius 1 is 1.22 bits per heavy atom. The van der Waals surface area contributed by atoms with Crippen LogP contribution in [0.5, 0.6) is 0 Å². The van der Waals surface area contributed by atoms with E-state index in [9.17, 15) is 4.79 Å². The molecule has 0 heterocycles. The molecule has 4 heteroatoms. The lowest BCUT2D eigenvalue weighted by atomic mass is 9.99. The van der Waals surface area contributed by atoms with Gasteiger partial charge < -0.3 is 10.1 Å². The van der Waals surface area contributed by atoms with Crippen LogP contribution in [0.25, 0.3) is 0 Å². The first-order valence-corrected chi connectivity index (χ1v) is 8.26. The van der Waals surface area contributed by atoms with Gasteiger partial charge in [0.05, 0.1) is 6.61 Å². The molecule has 0 saturated heterocycles. The molecule has 108 valence electrons. The van der Waals surface area contributed by atoms with Crippen molar-refractivity contribution < 1.29 is 9.53 Å². The summed E-state index contributed by atoms with van der Waals surface area (Å²) in [6.45, 7) is 9.27. The van der Waals surface area contributed by atoms with Crippen molar-refractivity contribution in [3.05, 3.63) is 0 Å². The number of unbranched alkanes of at least 4 members (excludes halogenated alkanes) is 2. The number of ether oxygens (including phenoxy) is 1. The lowest BCUT2D eigenvalue weighted by Gasteiger charge is -2.27. The summed E-state index contributed by atoms with van der Waals surface area (Å²) < 4.78 is 5.14. The second-order valence-corrected chi connectivity index (χ2v) is 5.88. The lowest BCUT2D eigenvalue weighted by molar-refractivity contribution is -0.150. The van der Waals surface area contributed by atoms with Crippen molar-refractivity contribution in [3.63, 3.8) is 0 Å². The van der Waals surface area contributed by atoms with Gasteiger partial charge in [-0.3, -0.25) is 4.79 Å². The van der Waals surface area contributed by atoms with E-state index >= 15 is 0 Å². The van der Waals surface area contributed by atoms with Crippen LogP contribution in [0.4, 0.5) is 0 Å². The van der Waals surface area contributed by atoms with Crippen molar-refractivity contribution >= 4 is 17.7 Å². The van der Waals surface area contributed by atoms with Gasteiger partial charge in [0.15, 0.2) is 0 Å². The van der Waals surface area contributed by atoms with Crippen LogP contribution in [-0.4, -0.2) is 36.2 Å². The number of likely N-dealkylation sites (N-methyl/N-ethyl adjacent to an activating group) is 1. The maximum atomic E-state index is 11.9. The zero-order valence-corrected chi connectivity index (χ0v) is 13.2. The molecular weight excluding hydrogens is 246 g/mol. The van der Waals surface area contributed by atoms with Gasteiger partial charge in [-0.1, -0.05) is 26.7 Å². The zero-order chi connectivity index (χ0) is 13.9. The number of esters is 1. The van der Waals surface area contributed by atoms with Crippen molar-refractivity contribution in [2.45, 2.75) is 58.9 Å². The first-order valence-electron chi connectivity index (χ1n) is 7.10. The molecule has 0 amide bonds. The molecule has 1 unspecified atom stereocenters. The van der Waals surface area contributed by atoms with Crippen LogP contribution in [0.3, 0.4) is 0 Å². The van der Waals surface area contributed by atoms with Crippen molar-refractivity contribution in [1.29, 1.82) is 0 Å². The second-order valence-electron chi connectivity index (χ2n) is 4.65. The first-order chi connectivity index (χ1) is 8.60. The van der Waals surface area contributed by atoms with Crippen LogP contribution in [0.1, 0.15) is 53.4 Å². The summed E-state index contributed by atoms with van der Waals surface area (Å²) in [4.78, 5) is 11.9. The van der Waals surface area contributed by atoms with Crippen LogP contribution >= 0.6 is 11.8 Å². The molecule has 0 saturated carbocycles. The minimum absolute atomic E-state index is 0.124. The van der Waals surface area contributed by atoms with E-state index in [-0.39, 0.29) is 5.97 Å². The molecule has 1 N–H and O–H groups in total. The summed E-state index contributed by atoms with van der Waals surface area (Å²) in [5.41, 5.74) is -0.525. The van der Waals surface area contributed by atoms with Gasteiger partial charge in [-0.25, -0.2) is 0 Å². The van der Waals surface area contributed by atoms with Gasteiger partial charge in [0.1, 0.15) is 5.54 Å². The molecule has 18 heavy (non-hydrogen) atoms. The highest BCUT2D eigenvalue weighted by atomic mass is 32.2. The zero-order valence-electron chi connectivity index (χ0n) is 12.4. The summed E-state index contributed by atoms with van der Waals surface area (Å²) in [5.74, 6) is 2.08. The molecule has 0 aromatic carbocycles. The quantitative estimate of drug-likeness (QED) is 0.464. The average Bonchev–Trinajstić information content (AvgIpc) is 2.34. The second kappa shape index (κ2) is 10.7. The van der Waals surface area contributed by atoms with E-state index in [1.165, 1.54) is 25.0 Å². The van der Waals surface area contributed by atoms with Gasteiger partial charge in [0.2, 0.25) is 0 Å². The van der Waals surface area contributed by atoms with Crippen molar-refractivity contribution in [2.75, 3.05) is 24.7 Å². The summed E-state index contributed by atoms with van der Waals surface area (Å²) in [6, 6.07) is 0. The molecule has 0 aliphatic carbocycles. The molecule has 0 aromatic heterocycles. The minimum atomic E-state index is -0.525. The van der Waals surface area contributed by atoms with Crippen LogP contribution in [-0.2, 0) is 9.53 Å². The molecule has 0 aliphatic rings. The Morgan fingerprint density at radius 3 is 2.50 bits per heavy atom. The maximum absolute atomic E-state index is 11.9. The Hall–Kier alpha value is -0.220. The summed E-state index contributed by atoms with van der Waals surface area (Å²) in [6.07, 6.45) is 4.67. The molecule has 0 bridgehead atoms. The predicted molar refractivity (Wildman–Crippen MR) is 80.2 cm³/mol. The Bertz CT molecular complexity index is 224. The van der Waals surface area contributed by atoms with Crippen molar-refractivity contribution in [1.82, 2.24) is 5.32 Å². The van der Waals surface area contributed by atoms with E-state index in [4.69, 9.17) is 4.74 Å². The molecule has 0 radical (unpaired) electrons. The summed E-state index contributed by atoms with van der Waals surface area (Å²) >= 11 is 1.93. The number of rotatable bonds is 11. The molecule has 0 spiro atoms. The van der Waals surface area contributed by atoms with E-state index < -0.39 is 5.54 Å².